The summed E-state index contributed by atoms with van der Waals surface area (Å²) in [6, 6.07) is 6.63. The predicted octanol–water partition coefficient (Wildman–Crippen LogP) is 2.43. The number of aliphatic hydroxyl groups excluding tert-OH is 1. The zero-order chi connectivity index (χ0) is 11.0. The van der Waals surface area contributed by atoms with E-state index in [0.29, 0.717) is 16.1 Å². The maximum Gasteiger partial charge on any atom is 0.180 e. The quantitative estimate of drug-likeness (QED) is 0.729. The summed E-state index contributed by atoms with van der Waals surface area (Å²) in [5, 5.41) is 18.8. The van der Waals surface area contributed by atoms with Gasteiger partial charge in [-0.05, 0) is 17.7 Å². The Labute approximate surface area is 91.2 Å². The van der Waals surface area contributed by atoms with Gasteiger partial charge in [0.25, 0.3) is 0 Å². The Morgan fingerprint density at radius 3 is 2.87 bits per heavy atom. The van der Waals surface area contributed by atoms with Crippen molar-refractivity contribution in [3.05, 3.63) is 40.4 Å². The van der Waals surface area contributed by atoms with Gasteiger partial charge in [0.15, 0.2) is 5.78 Å². The van der Waals surface area contributed by atoms with Crippen LogP contribution in [0.5, 0.6) is 0 Å². The normalized spacial score (nSPS) is 19.1. The molecule has 15 heavy (non-hydrogen) atoms. The Kier molecular flexibility index (Phi) is 2.22. The number of nitriles is 1. The topological polar surface area (TPSA) is 61.1 Å². The summed E-state index contributed by atoms with van der Waals surface area (Å²) >= 11 is 5.76. The molecular formula is C11H6ClNO2. The van der Waals surface area contributed by atoms with E-state index in [1.165, 1.54) is 0 Å². The first-order valence-electron chi connectivity index (χ1n) is 4.27. The first-order chi connectivity index (χ1) is 7.13. The highest BCUT2D eigenvalue weighted by molar-refractivity contribution is 6.30. The average molecular weight is 220 g/mol. The smallest absolute Gasteiger partial charge is 0.180 e. The predicted molar refractivity (Wildman–Crippen MR) is 55.4 cm³/mol. The highest BCUT2D eigenvalue weighted by Crippen LogP contribution is 2.32. The number of carbonyl (C=O) groups excluding carboxylic acids is 1. The van der Waals surface area contributed by atoms with Crippen LogP contribution in [0.4, 0.5) is 0 Å². The zero-order valence-electron chi connectivity index (χ0n) is 7.57. The second-order valence-corrected chi connectivity index (χ2v) is 3.66. The van der Waals surface area contributed by atoms with Crippen molar-refractivity contribution in [2.75, 3.05) is 0 Å². The highest BCUT2D eigenvalue weighted by Gasteiger charge is 2.27. The summed E-state index contributed by atoms with van der Waals surface area (Å²) < 4.78 is 0. The van der Waals surface area contributed by atoms with Gasteiger partial charge < -0.3 is 5.11 Å². The van der Waals surface area contributed by atoms with Gasteiger partial charge in [0.2, 0.25) is 0 Å². The van der Waals surface area contributed by atoms with E-state index in [9.17, 15) is 9.90 Å². The fourth-order valence-corrected chi connectivity index (χ4v) is 1.76. The van der Waals surface area contributed by atoms with Gasteiger partial charge in [-0.2, -0.15) is 5.26 Å². The Morgan fingerprint density at radius 2 is 2.20 bits per heavy atom. The lowest BCUT2D eigenvalue weighted by Crippen LogP contribution is -2.15. The van der Waals surface area contributed by atoms with E-state index in [0.717, 1.165) is 6.08 Å². The van der Waals surface area contributed by atoms with E-state index in [-0.39, 0.29) is 5.76 Å². The molecule has 1 N–H and O–H groups in total. The fraction of sp³-hybridized carbons (Fsp3) is 0.0909. The molecule has 1 unspecified atom stereocenters. The van der Waals surface area contributed by atoms with Crippen molar-refractivity contribution < 1.29 is 9.90 Å². The second-order valence-electron chi connectivity index (χ2n) is 3.23. The van der Waals surface area contributed by atoms with E-state index in [1.54, 1.807) is 18.2 Å². The van der Waals surface area contributed by atoms with E-state index in [1.807, 2.05) is 6.07 Å². The number of aliphatic hydroxyl groups is 1. The molecule has 1 aliphatic rings. The second kappa shape index (κ2) is 3.41. The molecule has 0 fully saturated rings. The first-order valence-corrected chi connectivity index (χ1v) is 4.65. The van der Waals surface area contributed by atoms with Gasteiger partial charge in [-0.25, -0.2) is 0 Å². The van der Waals surface area contributed by atoms with Gasteiger partial charge >= 0.3 is 0 Å². The molecule has 3 nitrogen and oxygen atoms in total. The van der Waals surface area contributed by atoms with Crippen LogP contribution in [0.15, 0.2) is 24.3 Å². The van der Waals surface area contributed by atoms with Gasteiger partial charge in [0, 0.05) is 16.7 Å². The molecular weight excluding hydrogens is 214 g/mol. The van der Waals surface area contributed by atoms with Crippen LogP contribution >= 0.6 is 11.6 Å². The molecule has 0 aliphatic heterocycles. The number of nitrogens with zero attached hydrogens (tertiary/aromatic N) is 1. The van der Waals surface area contributed by atoms with Crippen LogP contribution in [0, 0.1) is 11.3 Å². The maximum absolute atomic E-state index is 11.4. The fourth-order valence-electron chi connectivity index (χ4n) is 1.58. The van der Waals surface area contributed by atoms with Gasteiger partial charge in [-0.15, -0.1) is 0 Å². The van der Waals surface area contributed by atoms with Gasteiger partial charge in [-0.3, -0.25) is 4.79 Å². The number of benzene rings is 1. The number of rotatable bonds is 0. The molecule has 1 atom stereocenters. The van der Waals surface area contributed by atoms with Crippen LogP contribution in [0.2, 0.25) is 5.02 Å². The van der Waals surface area contributed by atoms with Crippen molar-refractivity contribution in [2.45, 2.75) is 5.92 Å². The van der Waals surface area contributed by atoms with Crippen LogP contribution in [-0.4, -0.2) is 10.9 Å². The number of carbonyl (C=O) groups is 1. The van der Waals surface area contributed by atoms with Crippen molar-refractivity contribution in [1.29, 1.82) is 5.26 Å². The molecule has 0 aromatic heterocycles. The Bertz CT molecular complexity index is 514. The zero-order valence-corrected chi connectivity index (χ0v) is 8.32. The molecule has 0 saturated carbocycles. The van der Waals surface area contributed by atoms with E-state index in [2.05, 4.69) is 0 Å². The number of fused-ring (bicyclic) bond motifs is 1. The molecule has 2 rings (SSSR count). The van der Waals surface area contributed by atoms with Crippen LogP contribution in [-0.2, 0) is 4.79 Å². The Hall–Kier alpha value is -1.79. The van der Waals surface area contributed by atoms with Gasteiger partial charge in [-0.1, -0.05) is 17.7 Å². The van der Waals surface area contributed by atoms with Crippen LogP contribution in [0.25, 0.3) is 5.76 Å². The molecule has 4 heteroatoms. The van der Waals surface area contributed by atoms with Crippen molar-refractivity contribution in [1.82, 2.24) is 0 Å². The minimum absolute atomic E-state index is 0.135. The molecule has 0 saturated heterocycles. The highest BCUT2D eigenvalue weighted by atomic mass is 35.5. The minimum Gasteiger partial charge on any atom is -0.507 e. The SMILES string of the molecule is N#CC1C(=O)C=C(O)c2cc(Cl)ccc21. The molecule has 0 bridgehead atoms. The summed E-state index contributed by atoms with van der Waals surface area (Å²) in [6.45, 7) is 0. The lowest BCUT2D eigenvalue weighted by Gasteiger charge is -2.17. The van der Waals surface area contributed by atoms with Crippen molar-refractivity contribution in [3.8, 4) is 6.07 Å². The number of halogens is 1. The molecule has 0 spiro atoms. The van der Waals surface area contributed by atoms with E-state index >= 15 is 0 Å². The van der Waals surface area contributed by atoms with Crippen molar-refractivity contribution in [3.63, 3.8) is 0 Å². The Morgan fingerprint density at radius 1 is 1.47 bits per heavy atom. The number of hydrogen-bond acceptors (Lipinski definition) is 3. The largest absolute Gasteiger partial charge is 0.507 e. The molecule has 1 aromatic carbocycles. The summed E-state index contributed by atoms with van der Waals surface area (Å²) in [7, 11) is 0. The van der Waals surface area contributed by atoms with Crippen molar-refractivity contribution >= 4 is 23.1 Å². The molecule has 0 heterocycles. The van der Waals surface area contributed by atoms with E-state index in [4.69, 9.17) is 16.9 Å². The molecule has 0 radical (unpaired) electrons. The molecule has 1 aliphatic carbocycles. The third kappa shape index (κ3) is 1.49. The monoisotopic (exact) mass is 219 g/mol. The van der Waals surface area contributed by atoms with Gasteiger partial charge in [0.1, 0.15) is 11.7 Å². The lowest BCUT2D eigenvalue weighted by atomic mass is 9.86. The lowest BCUT2D eigenvalue weighted by molar-refractivity contribution is -0.115. The van der Waals surface area contributed by atoms with Crippen LogP contribution < -0.4 is 0 Å². The standard InChI is InChI=1S/C11H6ClNO2/c12-6-1-2-7-8(3-6)10(14)4-11(15)9(7)5-13/h1-4,9,14H. The molecule has 1 aromatic rings. The third-order valence-corrected chi connectivity index (χ3v) is 2.53. The van der Waals surface area contributed by atoms with Crippen LogP contribution in [0.1, 0.15) is 17.0 Å². The van der Waals surface area contributed by atoms with E-state index < -0.39 is 11.7 Å². The summed E-state index contributed by atoms with van der Waals surface area (Å²) in [6.07, 6.45) is 1.06. The minimum atomic E-state index is -0.840. The maximum atomic E-state index is 11.4. The molecule has 74 valence electrons. The number of hydrogen-bond donors (Lipinski definition) is 1. The Balaban J connectivity index is 2.68. The third-order valence-electron chi connectivity index (χ3n) is 2.29. The average Bonchev–Trinajstić information content (AvgIpc) is 2.19. The van der Waals surface area contributed by atoms with Crippen LogP contribution in [0.3, 0.4) is 0 Å². The van der Waals surface area contributed by atoms with Gasteiger partial charge in [0.05, 0.1) is 6.07 Å². The summed E-state index contributed by atoms with van der Waals surface area (Å²) in [5.74, 6) is -1.37. The number of allylic oxidation sites excluding steroid dienone is 1. The summed E-state index contributed by atoms with van der Waals surface area (Å²) in [4.78, 5) is 11.4. The van der Waals surface area contributed by atoms with Crippen molar-refractivity contribution in [2.24, 2.45) is 0 Å². The first kappa shape index (κ1) is 9.75. The summed E-state index contributed by atoms with van der Waals surface area (Å²) in [5.41, 5.74) is 0.959. The number of ketones is 1. The molecule has 0 amide bonds.